The predicted octanol–water partition coefficient (Wildman–Crippen LogP) is 1.24. The van der Waals surface area contributed by atoms with Crippen molar-refractivity contribution in [3.63, 3.8) is 0 Å². The van der Waals surface area contributed by atoms with E-state index in [4.69, 9.17) is 14.9 Å². The minimum atomic E-state index is -0.346. The van der Waals surface area contributed by atoms with E-state index in [0.29, 0.717) is 23.8 Å². The molecule has 1 saturated heterocycles. The number of rotatable bonds is 4. The molecule has 2 N–H and O–H groups in total. The highest BCUT2D eigenvalue weighted by Gasteiger charge is 2.27. The highest BCUT2D eigenvalue weighted by Crippen LogP contribution is 2.22. The fourth-order valence-electron chi connectivity index (χ4n) is 2.39. The van der Waals surface area contributed by atoms with Gasteiger partial charge < -0.3 is 14.9 Å². The zero-order valence-electron chi connectivity index (χ0n) is 10.9. The van der Waals surface area contributed by atoms with Crippen molar-refractivity contribution in [1.82, 2.24) is 4.90 Å². The van der Waals surface area contributed by atoms with Crippen LogP contribution in [0.4, 0.5) is 0 Å². The molecule has 100 valence electrons. The van der Waals surface area contributed by atoms with Gasteiger partial charge in [0.2, 0.25) is 0 Å². The summed E-state index contributed by atoms with van der Waals surface area (Å²) in [5.74, 6) is 0.857. The van der Waals surface area contributed by atoms with Gasteiger partial charge in [-0.05, 0) is 31.9 Å². The Labute approximate surface area is 107 Å². The van der Waals surface area contributed by atoms with E-state index in [2.05, 4.69) is 4.90 Å². The van der Waals surface area contributed by atoms with Crippen molar-refractivity contribution >= 4 is 5.97 Å². The lowest BCUT2D eigenvalue weighted by atomic mass is 10.0. The number of hydrogen-bond donors (Lipinski definition) is 1. The van der Waals surface area contributed by atoms with Gasteiger partial charge in [0.05, 0.1) is 19.9 Å². The second-order valence-electron chi connectivity index (χ2n) is 4.89. The normalized spacial score (nSPS) is 22.1. The highest BCUT2D eigenvalue weighted by atomic mass is 16.5. The number of ether oxygens (including phenoxy) is 1. The summed E-state index contributed by atoms with van der Waals surface area (Å²) in [6, 6.07) is 1.87. The minimum absolute atomic E-state index is 0.215. The minimum Gasteiger partial charge on any atom is -0.467 e. The number of carbonyl (C=O) groups excluding carboxylic acids is 1. The fraction of sp³-hybridized carbons (Fsp3) is 0.615. The molecular formula is C13H20N2O3. The lowest BCUT2D eigenvalue weighted by Crippen LogP contribution is -2.29. The first-order valence-electron chi connectivity index (χ1n) is 6.24. The topological polar surface area (TPSA) is 68.7 Å². The Bertz CT molecular complexity index is 414. The van der Waals surface area contributed by atoms with E-state index < -0.39 is 0 Å². The van der Waals surface area contributed by atoms with E-state index >= 15 is 0 Å². The molecule has 18 heavy (non-hydrogen) atoms. The lowest BCUT2D eigenvalue weighted by molar-refractivity contribution is 0.0596. The Balaban J connectivity index is 1.99. The van der Waals surface area contributed by atoms with Crippen LogP contribution in [0.1, 0.15) is 29.5 Å². The third kappa shape index (κ3) is 2.73. The first-order valence-corrected chi connectivity index (χ1v) is 6.24. The van der Waals surface area contributed by atoms with Gasteiger partial charge in [-0.3, -0.25) is 4.90 Å². The SMILES string of the molecule is COC(=O)c1ccoc1CN1CCC(C(C)N)C1. The summed E-state index contributed by atoms with van der Waals surface area (Å²) in [7, 11) is 1.38. The molecule has 5 nitrogen and oxygen atoms in total. The average molecular weight is 252 g/mol. The van der Waals surface area contributed by atoms with E-state index in [1.165, 1.54) is 13.4 Å². The van der Waals surface area contributed by atoms with E-state index in [0.717, 1.165) is 19.5 Å². The van der Waals surface area contributed by atoms with E-state index in [1.807, 2.05) is 6.92 Å². The van der Waals surface area contributed by atoms with Crippen molar-refractivity contribution in [3.05, 3.63) is 23.7 Å². The number of nitrogens with zero attached hydrogens (tertiary/aromatic N) is 1. The summed E-state index contributed by atoms with van der Waals surface area (Å²) in [4.78, 5) is 13.8. The lowest BCUT2D eigenvalue weighted by Gasteiger charge is -2.17. The van der Waals surface area contributed by atoms with Gasteiger partial charge in [0, 0.05) is 12.6 Å². The van der Waals surface area contributed by atoms with Crippen LogP contribution in [0.3, 0.4) is 0 Å². The molecule has 0 spiro atoms. The van der Waals surface area contributed by atoms with Gasteiger partial charge in [0.15, 0.2) is 0 Å². The van der Waals surface area contributed by atoms with Crippen LogP contribution in [0.15, 0.2) is 16.7 Å². The molecule has 0 amide bonds. The van der Waals surface area contributed by atoms with E-state index in [1.54, 1.807) is 6.07 Å². The summed E-state index contributed by atoms with van der Waals surface area (Å²) in [6.45, 7) is 4.63. The smallest absolute Gasteiger partial charge is 0.341 e. The van der Waals surface area contributed by atoms with Crippen molar-refractivity contribution in [1.29, 1.82) is 0 Å². The summed E-state index contributed by atoms with van der Waals surface area (Å²) in [5, 5.41) is 0. The quantitative estimate of drug-likeness (QED) is 0.816. The van der Waals surface area contributed by atoms with Crippen molar-refractivity contribution in [2.45, 2.75) is 25.9 Å². The van der Waals surface area contributed by atoms with Gasteiger partial charge in [0.1, 0.15) is 11.3 Å². The zero-order chi connectivity index (χ0) is 13.1. The Morgan fingerprint density at radius 2 is 2.50 bits per heavy atom. The Morgan fingerprint density at radius 1 is 1.72 bits per heavy atom. The van der Waals surface area contributed by atoms with Gasteiger partial charge in [0.25, 0.3) is 0 Å². The molecule has 1 aromatic rings. The molecule has 0 aromatic carbocycles. The summed E-state index contributed by atoms with van der Waals surface area (Å²) in [5.41, 5.74) is 6.42. The standard InChI is InChI=1S/C13H20N2O3/c1-9(14)10-3-5-15(7-10)8-12-11(4-6-18-12)13(16)17-2/h4,6,9-10H,3,5,7-8,14H2,1-2H3. The number of furan rings is 1. The van der Waals surface area contributed by atoms with Crippen molar-refractivity contribution in [2.24, 2.45) is 11.7 Å². The Hall–Kier alpha value is -1.33. The van der Waals surface area contributed by atoms with Gasteiger partial charge in [-0.15, -0.1) is 0 Å². The molecule has 0 radical (unpaired) electrons. The van der Waals surface area contributed by atoms with Gasteiger partial charge in [-0.25, -0.2) is 4.79 Å². The van der Waals surface area contributed by atoms with E-state index in [9.17, 15) is 4.79 Å². The molecule has 1 aliphatic heterocycles. The number of hydrogen-bond acceptors (Lipinski definition) is 5. The zero-order valence-corrected chi connectivity index (χ0v) is 10.9. The third-order valence-corrected chi connectivity index (χ3v) is 3.57. The molecule has 1 aliphatic rings. The highest BCUT2D eigenvalue weighted by molar-refractivity contribution is 5.90. The Kier molecular flexibility index (Phi) is 4.04. The van der Waals surface area contributed by atoms with Crippen LogP contribution < -0.4 is 5.73 Å². The molecular weight excluding hydrogens is 232 g/mol. The van der Waals surface area contributed by atoms with Crippen LogP contribution in [0.5, 0.6) is 0 Å². The van der Waals surface area contributed by atoms with Crippen LogP contribution in [0.2, 0.25) is 0 Å². The first kappa shape index (κ1) is 13.1. The third-order valence-electron chi connectivity index (χ3n) is 3.57. The molecule has 1 aromatic heterocycles. The maximum absolute atomic E-state index is 11.5. The van der Waals surface area contributed by atoms with Crippen LogP contribution >= 0.6 is 0 Å². The van der Waals surface area contributed by atoms with Crippen molar-refractivity contribution in [2.75, 3.05) is 20.2 Å². The van der Waals surface area contributed by atoms with Gasteiger partial charge >= 0.3 is 5.97 Å². The summed E-state index contributed by atoms with van der Waals surface area (Å²) >= 11 is 0. The van der Waals surface area contributed by atoms with Crippen molar-refractivity contribution < 1.29 is 13.9 Å². The number of esters is 1. The largest absolute Gasteiger partial charge is 0.467 e. The number of nitrogens with two attached hydrogens (primary N) is 1. The van der Waals surface area contributed by atoms with Crippen LogP contribution in [0, 0.1) is 5.92 Å². The second-order valence-corrected chi connectivity index (χ2v) is 4.89. The number of methoxy groups -OCH3 is 1. The van der Waals surface area contributed by atoms with Crippen molar-refractivity contribution in [3.8, 4) is 0 Å². The monoisotopic (exact) mass is 252 g/mol. The average Bonchev–Trinajstić information content (AvgIpc) is 2.97. The molecule has 0 aliphatic carbocycles. The second kappa shape index (κ2) is 5.54. The molecule has 2 heterocycles. The number of likely N-dealkylation sites (tertiary alicyclic amines) is 1. The molecule has 0 saturated carbocycles. The summed E-state index contributed by atoms with van der Waals surface area (Å²) in [6.07, 6.45) is 2.63. The van der Waals surface area contributed by atoms with Gasteiger partial charge in [-0.1, -0.05) is 0 Å². The molecule has 5 heteroatoms. The van der Waals surface area contributed by atoms with Crippen LogP contribution in [-0.2, 0) is 11.3 Å². The fourth-order valence-corrected chi connectivity index (χ4v) is 2.39. The molecule has 2 rings (SSSR count). The first-order chi connectivity index (χ1) is 8.61. The summed E-state index contributed by atoms with van der Waals surface area (Å²) < 4.78 is 10.1. The Morgan fingerprint density at radius 3 is 3.11 bits per heavy atom. The van der Waals surface area contributed by atoms with Crippen LogP contribution in [-0.4, -0.2) is 37.1 Å². The molecule has 2 atom stereocenters. The molecule has 1 fully saturated rings. The maximum Gasteiger partial charge on any atom is 0.341 e. The maximum atomic E-state index is 11.5. The molecule has 0 bridgehead atoms. The predicted molar refractivity (Wildman–Crippen MR) is 67.1 cm³/mol. The van der Waals surface area contributed by atoms with E-state index in [-0.39, 0.29) is 12.0 Å². The number of carbonyl (C=O) groups is 1. The van der Waals surface area contributed by atoms with Crippen LogP contribution in [0.25, 0.3) is 0 Å². The van der Waals surface area contributed by atoms with Gasteiger partial charge in [-0.2, -0.15) is 0 Å². The molecule has 2 unspecified atom stereocenters.